The van der Waals surface area contributed by atoms with Crippen LogP contribution in [0.3, 0.4) is 0 Å². The van der Waals surface area contributed by atoms with Crippen LogP contribution < -0.4 is 16.0 Å². The van der Waals surface area contributed by atoms with Gasteiger partial charge in [-0.05, 0) is 30.5 Å². The molecule has 1 fully saturated rings. The third-order valence-corrected chi connectivity index (χ3v) is 3.64. The second-order valence-electron chi connectivity index (χ2n) is 5.29. The molecule has 3 N–H and O–H groups in total. The number of nitrogens with two attached hydrogens (primary N) is 1. The first-order valence-corrected chi connectivity index (χ1v) is 6.98. The molecule has 1 aliphatic rings. The molecule has 4 nitrogen and oxygen atoms in total. The van der Waals surface area contributed by atoms with Crippen molar-refractivity contribution in [2.45, 2.75) is 32.2 Å². The zero-order valence-electron chi connectivity index (χ0n) is 11.7. The summed E-state index contributed by atoms with van der Waals surface area (Å²) in [4.78, 5) is 14.3. The lowest BCUT2D eigenvalue weighted by Gasteiger charge is -2.38. The van der Waals surface area contributed by atoms with Gasteiger partial charge in [0.1, 0.15) is 6.04 Å². The van der Waals surface area contributed by atoms with Gasteiger partial charge in [-0.15, -0.1) is 0 Å². The predicted molar refractivity (Wildman–Crippen MR) is 78.3 cm³/mol. The highest BCUT2D eigenvalue weighted by Gasteiger charge is 2.30. The summed E-state index contributed by atoms with van der Waals surface area (Å²) in [6.07, 6.45) is 0.693. The van der Waals surface area contributed by atoms with Crippen LogP contribution in [0, 0.1) is 0 Å². The summed E-state index contributed by atoms with van der Waals surface area (Å²) >= 11 is 0. The number of anilines is 1. The number of piperazine rings is 1. The quantitative estimate of drug-likeness (QED) is 0.863. The van der Waals surface area contributed by atoms with Crippen LogP contribution in [-0.2, 0) is 4.79 Å². The van der Waals surface area contributed by atoms with Crippen LogP contribution in [0.15, 0.2) is 24.3 Å². The fraction of sp³-hybridized carbons (Fsp3) is 0.533. The molecular formula is C15H23N3O. The van der Waals surface area contributed by atoms with Crippen molar-refractivity contribution in [3.63, 3.8) is 0 Å². The van der Waals surface area contributed by atoms with Gasteiger partial charge in [0, 0.05) is 18.8 Å². The standard InChI is InChI=1S/C15H23N3O/c1-11(2)12-5-3-4-6-13(12)18-10-9-17-15(19)14(18)7-8-16/h3-6,11,14H,7-10,16H2,1-2H3,(H,17,19). The summed E-state index contributed by atoms with van der Waals surface area (Å²) in [6.45, 7) is 6.44. The molecule has 1 atom stereocenters. The van der Waals surface area contributed by atoms with E-state index in [-0.39, 0.29) is 11.9 Å². The van der Waals surface area contributed by atoms with E-state index in [0.717, 1.165) is 6.54 Å². The Morgan fingerprint density at radius 2 is 2.16 bits per heavy atom. The van der Waals surface area contributed by atoms with Gasteiger partial charge in [0.25, 0.3) is 0 Å². The smallest absolute Gasteiger partial charge is 0.242 e. The van der Waals surface area contributed by atoms with Crippen LogP contribution in [0.25, 0.3) is 0 Å². The van der Waals surface area contributed by atoms with E-state index >= 15 is 0 Å². The molecule has 19 heavy (non-hydrogen) atoms. The zero-order valence-corrected chi connectivity index (χ0v) is 11.7. The number of nitrogens with zero attached hydrogens (tertiary/aromatic N) is 1. The maximum atomic E-state index is 12.0. The summed E-state index contributed by atoms with van der Waals surface area (Å²) in [5.74, 6) is 0.537. The molecule has 0 aliphatic carbocycles. The van der Waals surface area contributed by atoms with Gasteiger partial charge in [-0.2, -0.15) is 0 Å². The Bertz CT molecular complexity index is 445. The highest BCUT2D eigenvalue weighted by molar-refractivity contribution is 5.87. The Balaban J connectivity index is 2.35. The molecule has 2 rings (SSSR count). The number of carbonyl (C=O) groups is 1. The first-order valence-electron chi connectivity index (χ1n) is 6.98. The van der Waals surface area contributed by atoms with Crippen molar-refractivity contribution in [1.82, 2.24) is 5.32 Å². The van der Waals surface area contributed by atoms with E-state index in [1.807, 2.05) is 6.07 Å². The van der Waals surface area contributed by atoms with E-state index in [0.29, 0.717) is 25.4 Å². The van der Waals surface area contributed by atoms with Gasteiger partial charge < -0.3 is 16.0 Å². The van der Waals surface area contributed by atoms with Gasteiger partial charge in [-0.25, -0.2) is 0 Å². The molecular weight excluding hydrogens is 238 g/mol. The fourth-order valence-corrected chi connectivity index (χ4v) is 2.69. The summed E-state index contributed by atoms with van der Waals surface area (Å²) in [5.41, 5.74) is 8.12. The third-order valence-electron chi connectivity index (χ3n) is 3.64. The van der Waals surface area contributed by atoms with Gasteiger partial charge in [0.2, 0.25) is 5.91 Å². The van der Waals surface area contributed by atoms with Gasteiger partial charge >= 0.3 is 0 Å². The van der Waals surface area contributed by atoms with Gasteiger partial charge in [0.05, 0.1) is 0 Å². The summed E-state index contributed by atoms with van der Waals surface area (Å²) in [6, 6.07) is 8.20. The van der Waals surface area contributed by atoms with E-state index in [1.54, 1.807) is 0 Å². The van der Waals surface area contributed by atoms with E-state index in [9.17, 15) is 4.79 Å². The van der Waals surface area contributed by atoms with Crippen molar-refractivity contribution in [3.8, 4) is 0 Å². The monoisotopic (exact) mass is 261 g/mol. The molecule has 0 spiro atoms. The molecule has 104 valence electrons. The Morgan fingerprint density at radius 3 is 2.84 bits per heavy atom. The van der Waals surface area contributed by atoms with Crippen LogP contribution >= 0.6 is 0 Å². The predicted octanol–water partition coefficient (Wildman–Crippen LogP) is 1.46. The number of nitrogens with one attached hydrogen (secondary N) is 1. The van der Waals surface area contributed by atoms with E-state index < -0.39 is 0 Å². The lowest BCUT2D eigenvalue weighted by atomic mass is 9.98. The average Bonchev–Trinajstić information content (AvgIpc) is 2.41. The maximum absolute atomic E-state index is 12.0. The normalized spacial score (nSPS) is 19.7. The molecule has 0 aromatic heterocycles. The average molecular weight is 261 g/mol. The maximum Gasteiger partial charge on any atom is 0.242 e. The number of amides is 1. The summed E-state index contributed by atoms with van der Waals surface area (Å²) in [7, 11) is 0. The minimum Gasteiger partial charge on any atom is -0.357 e. The number of carbonyl (C=O) groups excluding carboxylic acids is 1. The molecule has 1 amide bonds. The van der Waals surface area contributed by atoms with E-state index in [4.69, 9.17) is 5.73 Å². The topological polar surface area (TPSA) is 58.4 Å². The Hall–Kier alpha value is -1.55. The molecule has 1 aromatic carbocycles. The fourth-order valence-electron chi connectivity index (χ4n) is 2.69. The first kappa shape index (κ1) is 13.9. The number of hydrogen-bond donors (Lipinski definition) is 2. The van der Waals surface area contributed by atoms with Crippen LogP contribution in [0.4, 0.5) is 5.69 Å². The lowest BCUT2D eigenvalue weighted by Crippen LogP contribution is -2.56. The third kappa shape index (κ3) is 2.89. The second-order valence-corrected chi connectivity index (χ2v) is 5.29. The molecule has 0 bridgehead atoms. The van der Waals surface area contributed by atoms with Gasteiger partial charge in [0.15, 0.2) is 0 Å². The van der Waals surface area contributed by atoms with Crippen molar-refractivity contribution < 1.29 is 4.79 Å². The second kappa shape index (κ2) is 6.06. The van der Waals surface area contributed by atoms with E-state index in [1.165, 1.54) is 11.3 Å². The highest BCUT2D eigenvalue weighted by Crippen LogP contribution is 2.29. The highest BCUT2D eigenvalue weighted by atomic mass is 16.2. The molecule has 1 unspecified atom stereocenters. The Labute approximate surface area is 115 Å². The molecule has 0 radical (unpaired) electrons. The zero-order chi connectivity index (χ0) is 13.8. The van der Waals surface area contributed by atoms with Crippen molar-refractivity contribution in [2.75, 3.05) is 24.5 Å². The van der Waals surface area contributed by atoms with Crippen LogP contribution in [-0.4, -0.2) is 31.6 Å². The number of para-hydroxylation sites is 1. The summed E-state index contributed by atoms with van der Waals surface area (Å²) < 4.78 is 0. The molecule has 1 aliphatic heterocycles. The van der Waals surface area contributed by atoms with Crippen LogP contribution in [0.5, 0.6) is 0 Å². The lowest BCUT2D eigenvalue weighted by molar-refractivity contribution is -0.123. The van der Waals surface area contributed by atoms with Crippen molar-refractivity contribution >= 4 is 11.6 Å². The van der Waals surface area contributed by atoms with Crippen LogP contribution in [0.1, 0.15) is 31.7 Å². The Morgan fingerprint density at radius 1 is 1.42 bits per heavy atom. The van der Waals surface area contributed by atoms with E-state index in [2.05, 4.69) is 42.3 Å². The molecule has 0 saturated carbocycles. The summed E-state index contributed by atoms with van der Waals surface area (Å²) in [5, 5.41) is 2.93. The van der Waals surface area contributed by atoms with Crippen LogP contribution in [0.2, 0.25) is 0 Å². The minimum atomic E-state index is -0.140. The van der Waals surface area contributed by atoms with Crippen molar-refractivity contribution in [1.29, 1.82) is 0 Å². The number of rotatable bonds is 4. The number of benzene rings is 1. The molecule has 1 heterocycles. The van der Waals surface area contributed by atoms with Gasteiger partial charge in [-0.3, -0.25) is 4.79 Å². The molecule has 4 heteroatoms. The molecule has 1 aromatic rings. The minimum absolute atomic E-state index is 0.0928. The first-order chi connectivity index (χ1) is 9.15. The Kier molecular flexibility index (Phi) is 4.43. The largest absolute Gasteiger partial charge is 0.357 e. The number of hydrogen-bond acceptors (Lipinski definition) is 3. The van der Waals surface area contributed by atoms with Crippen molar-refractivity contribution in [2.24, 2.45) is 5.73 Å². The van der Waals surface area contributed by atoms with Gasteiger partial charge in [-0.1, -0.05) is 32.0 Å². The SMILES string of the molecule is CC(C)c1ccccc1N1CCNC(=O)C1CCN. The molecule has 1 saturated heterocycles. The van der Waals surface area contributed by atoms with Crippen molar-refractivity contribution in [3.05, 3.63) is 29.8 Å².